The summed E-state index contributed by atoms with van der Waals surface area (Å²) in [7, 11) is 0. The van der Waals surface area contributed by atoms with Gasteiger partial charge in [-0.2, -0.15) is 0 Å². The SMILES string of the molecule is CC1=CCc2c(ccc3c2C(C)(C)Cc2ccccc2-3)C1. The van der Waals surface area contributed by atoms with Crippen LogP contribution in [0.3, 0.4) is 0 Å². The van der Waals surface area contributed by atoms with Gasteiger partial charge in [-0.1, -0.05) is 61.9 Å². The van der Waals surface area contributed by atoms with Crippen LogP contribution in [-0.2, 0) is 24.7 Å². The van der Waals surface area contributed by atoms with E-state index in [0.29, 0.717) is 0 Å². The van der Waals surface area contributed by atoms with Crippen LogP contribution in [-0.4, -0.2) is 0 Å². The van der Waals surface area contributed by atoms with Crippen molar-refractivity contribution >= 4 is 0 Å². The zero-order chi connectivity index (χ0) is 14.6. The molecule has 2 aliphatic carbocycles. The first-order chi connectivity index (χ1) is 10.1. The number of allylic oxidation sites excluding steroid dienone is 2. The molecule has 0 bridgehead atoms. The van der Waals surface area contributed by atoms with Gasteiger partial charge in [0.25, 0.3) is 0 Å². The van der Waals surface area contributed by atoms with E-state index in [-0.39, 0.29) is 5.41 Å². The molecule has 0 amide bonds. The Morgan fingerprint density at radius 3 is 2.57 bits per heavy atom. The fraction of sp³-hybridized carbons (Fsp3) is 0.333. The van der Waals surface area contributed by atoms with Crippen LogP contribution in [0.1, 0.15) is 43.0 Å². The number of benzene rings is 2. The maximum Gasteiger partial charge on any atom is -0.00539 e. The molecule has 106 valence electrons. The van der Waals surface area contributed by atoms with Crippen LogP contribution < -0.4 is 0 Å². The molecule has 0 radical (unpaired) electrons. The van der Waals surface area contributed by atoms with E-state index in [1.165, 1.54) is 22.3 Å². The number of hydrogen-bond donors (Lipinski definition) is 0. The molecule has 0 nitrogen and oxygen atoms in total. The minimum absolute atomic E-state index is 0.230. The predicted octanol–water partition coefficient (Wildman–Crippen LogP) is 5.23. The molecule has 2 aromatic carbocycles. The first-order valence-electron chi connectivity index (χ1n) is 7.95. The van der Waals surface area contributed by atoms with Crippen LogP contribution in [0.5, 0.6) is 0 Å². The van der Waals surface area contributed by atoms with Gasteiger partial charge in [0.15, 0.2) is 0 Å². The van der Waals surface area contributed by atoms with Gasteiger partial charge >= 0.3 is 0 Å². The molecule has 0 heterocycles. The van der Waals surface area contributed by atoms with Crippen molar-refractivity contribution in [1.82, 2.24) is 0 Å². The molecule has 21 heavy (non-hydrogen) atoms. The third-order valence-electron chi connectivity index (χ3n) is 5.15. The van der Waals surface area contributed by atoms with Crippen molar-refractivity contribution in [3.63, 3.8) is 0 Å². The molecule has 2 aliphatic rings. The lowest BCUT2D eigenvalue weighted by molar-refractivity contribution is 0.511. The lowest BCUT2D eigenvalue weighted by Crippen LogP contribution is -2.28. The second-order valence-electron chi connectivity index (χ2n) is 7.27. The maximum atomic E-state index is 2.42. The zero-order valence-electron chi connectivity index (χ0n) is 13.2. The fourth-order valence-corrected chi connectivity index (χ4v) is 4.24. The van der Waals surface area contributed by atoms with Crippen molar-refractivity contribution in [2.75, 3.05) is 0 Å². The third-order valence-corrected chi connectivity index (χ3v) is 5.15. The highest BCUT2D eigenvalue weighted by molar-refractivity contribution is 5.77. The highest BCUT2D eigenvalue weighted by atomic mass is 14.4. The quantitative estimate of drug-likeness (QED) is 0.577. The average Bonchev–Trinajstić information content (AvgIpc) is 2.45. The lowest BCUT2D eigenvalue weighted by atomic mass is 9.66. The van der Waals surface area contributed by atoms with Gasteiger partial charge in [-0.3, -0.25) is 0 Å². The van der Waals surface area contributed by atoms with E-state index in [9.17, 15) is 0 Å². The van der Waals surface area contributed by atoms with E-state index in [4.69, 9.17) is 0 Å². The molecule has 0 aliphatic heterocycles. The highest BCUT2D eigenvalue weighted by Gasteiger charge is 2.33. The topological polar surface area (TPSA) is 0 Å². The number of fused-ring (bicyclic) bond motifs is 5. The summed E-state index contributed by atoms with van der Waals surface area (Å²) in [5.41, 5.74) is 10.9. The second-order valence-corrected chi connectivity index (χ2v) is 7.27. The van der Waals surface area contributed by atoms with E-state index < -0.39 is 0 Å². The summed E-state index contributed by atoms with van der Waals surface area (Å²) < 4.78 is 0. The second kappa shape index (κ2) is 4.34. The smallest absolute Gasteiger partial charge is 0.00539 e. The van der Waals surface area contributed by atoms with Crippen molar-refractivity contribution in [2.24, 2.45) is 0 Å². The standard InChI is InChI=1S/C21H22/c1-14-8-10-18-15(12-14)9-11-19-17-7-5-4-6-16(17)13-21(2,3)20(18)19/h4-9,11H,10,12-13H2,1-3H3. The predicted molar refractivity (Wildman–Crippen MR) is 89.8 cm³/mol. The molecule has 0 heteroatoms. The molecule has 0 fully saturated rings. The van der Waals surface area contributed by atoms with Gasteiger partial charge in [0, 0.05) is 0 Å². The number of hydrogen-bond acceptors (Lipinski definition) is 0. The van der Waals surface area contributed by atoms with E-state index in [1.807, 2.05) is 0 Å². The summed E-state index contributed by atoms with van der Waals surface area (Å²) in [6, 6.07) is 13.7. The molecular weight excluding hydrogens is 252 g/mol. The van der Waals surface area contributed by atoms with Crippen LogP contribution in [0.2, 0.25) is 0 Å². The molecule has 0 unspecified atom stereocenters. The summed E-state index contributed by atoms with van der Waals surface area (Å²) >= 11 is 0. The van der Waals surface area contributed by atoms with Crippen LogP contribution in [0.25, 0.3) is 11.1 Å². The molecular formula is C21H22. The Morgan fingerprint density at radius 2 is 1.71 bits per heavy atom. The van der Waals surface area contributed by atoms with Crippen LogP contribution in [0.4, 0.5) is 0 Å². The summed E-state index contributed by atoms with van der Waals surface area (Å²) in [5.74, 6) is 0. The Kier molecular flexibility index (Phi) is 2.66. The van der Waals surface area contributed by atoms with Crippen molar-refractivity contribution in [3.8, 4) is 11.1 Å². The van der Waals surface area contributed by atoms with Crippen molar-refractivity contribution in [1.29, 1.82) is 0 Å². The van der Waals surface area contributed by atoms with Crippen LogP contribution >= 0.6 is 0 Å². The highest BCUT2D eigenvalue weighted by Crippen LogP contribution is 2.46. The van der Waals surface area contributed by atoms with Crippen molar-refractivity contribution < 1.29 is 0 Å². The molecule has 0 N–H and O–H groups in total. The van der Waals surface area contributed by atoms with Crippen LogP contribution in [0.15, 0.2) is 48.0 Å². The fourth-order valence-electron chi connectivity index (χ4n) is 4.24. The zero-order valence-corrected chi connectivity index (χ0v) is 13.2. The van der Waals surface area contributed by atoms with Gasteiger partial charge in [0.05, 0.1) is 0 Å². The molecule has 0 atom stereocenters. The minimum Gasteiger partial charge on any atom is -0.0809 e. The van der Waals surface area contributed by atoms with Gasteiger partial charge in [0.1, 0.15) is 0 Å². The van der Waals surface area contributed by atoms with Gasteiger partial charge in [0.2, 0.25) is 0 Å². The molecule has 4 rings (SSSR count). The Hall–Kier alpha value is -1.82. The van der Waals surface area contributed by atoms with Gasteiger partial charge in [-0.25, -0.2) is 0 Å². The van der Waals surface area contributed by atoms with E-state index in [2.05, 4.69) is 63.2 Å². The van der Waals surface area contributed by atoms with Gasteiger partial charge in [-0.15, -0.1) is 0 Å². The van der Waals surface area contributed by atoms with Gasteiger partial charge < -0.3 is 0 Å². The Balaban J connectivity index is 2.01. The lowest BCUT2D eigenvalue weighted by Gasteiger charge is -2.37. The Bertz CT molecular complexity index is 760. The summed E-state index contributed by atoms with van der Waals surface area (Å²) in [4.78, 5) is 0. The first-order valence-corrected chi connectivity index (χ1v) is 7.95. The molecule has 2 aromatic rings. The van der Waals surface area contributed by atoms with Gasteiger partial charge in [-0.05, 0) is 65.0 Å². The van der Waals surface area contributed by atoms with E-state index >= 15 is 0 Å². The monoisotopic (exact) mass is 274 g/mol. The maximum absolute atomic E-state index is 2.42. The molecule has 0 saturated heterocycles. The summed E-state index contributed by atoms with van der Waals surface area (Å²) in [6.45, 7) is 7.07. The Labute approximate surface area is 127 Å². The first kappa shape index (κ1) is 12.9. The average molecular weight is 274 g/mol. The molecule has 0 saturated carbocycles. The third kappa shape index (κ3) is 1.89. The van der Waals surface area contributed by atoms with E-state index in [0.717, 1.165) is 19.3 Å². The molecule has 0 spiro atoms. The minimum atomic E-state index is 0.230. The largest absolute Gasteiger partial charge is 0.0809 e. The summed E-state index contributed by atoms with van der Waals surface area (Å²) in [5, 5.41) is 0. The van der Waals surface area contributed by atoms with Crippen LogP contribution in [0, 0.1) is 0 Å². The van der Waals surface area contributed by atoms with E-state index in [1.54, 1.807) is 16.7 Å². The number of rotatable bonds is 0. The van der Waals surface area contributed by atoms with Crippen molar-refractivity contribution in [2.45, 2.75) is 45.4 Å². The molecule has 0 aromatic heterocycles. The summed E-state index contributed by atoms with van der Waals surface area (Å²) in [6.07, 6.45) is 5.80. The normalized spacial score (nSPS) is 18.3. The Morgan fingerprint density at radius 1 is 0.905 bits per heavy atom. The van der Waals surface area contributed by atoms with Crippen molar-refractivity contribution in [3.05, 3.63) is 70.3 Å².